The average Bonchev–Trinajstić information content (AvgIpc) is 2.59. The normalized spacial score (nSPS) is 13.9. The van der Waals surface area contributed by atoms with Crippen molar-refractivity contribution in [2.24, 2.45) is 0 Å². The molecule has 0 aliphatic carbocycles. The molecule has 2 rings (SSSR count). The molecule has 1 unspecified atom stereocenters. The smallest absolute Gasteiger partial charge is 0.423 e. The number of aliphatic hydroxyl groups is 1. The number of halogens is 3. The van der Waals surface area contributed by atoms with Crippen molar-refractivity contribution in [2.45, 2.75) is 11.8 Å². The number of amides is 1. The number of carbonyl (C=O) groups excluding carboxylic acids is 1. The van der Waals surface area contributed by atoms with Gasteiger partial charge in [-0.25, -0.2) is 0 Å². The largest absolute Gasteiger partial charge is 0.497 e. The maximum atomic E-state index is 13.3. The van der Waals surface area contributed by atoms with Crippen molar-refractivity contribution >= 4 is 5.91 Å². The van der Waals surface area contributed by atoms with Gasteiger partial charge in [0.15, 0.2) is 0 Å². The lowest BCUT2D eigenvalue weighted by Gasteiger charge is -2.31. The van der Waals surface area contributed by atoms with Gasteiger partial charge in [0.2, 0.25) is 5.60 Å². The molecule has 0 aliphatic heterocycles. The van der Waals surface area contributed by atoms with Gasteiger partial charge < -0.3 is 15.2 Å². The highest BCUT2D eigenvalue weighted by Crippen LogP contribution is 2.38. The summed E-state index contributed by atoms with van der Waals surface area (Å²) in [6, 6.07) is 12.6. The fourth-order valence-electron chi connectivity index (χ4n) is 2.15. The van der Waals surface area contributed by atoms with E-state index >= 15 is 0 Å². The summed E-state index contributed by atoms with van der Waals surface area (Å²) in [4.78, 5) is 12.1. The molecular weight excluding hydrogens is 323 g/mol. The number of ether oxygens (including phenoxy) is 1. The Morgan fingerprint density at radius 3 is 2.38 bits per heavy atom. The minimum Gasteiger partial charge on any atom is -0.497 e. The average molecular weight is 339 g/mol. The molecular formula is C17H16F3NO3. The molecule has 0 aromatic heterocycles. The van der Waals surface area contributed by atoms with Gasteiger partial charge in [-0.2, -0.15) is 13.2 Å². The second-order valence-electron chi connectivity index (χ2n) is 5.14. The summed E-state index contributed by atoms with van der Waals surface area (Å²) >= 11 is 0. The Hall–Kier alpha value is -2.54. The third-order valence-electron chi connectivity index (χ3n) is 3.56. The Morgan fingerprint density at radius 1 is 1.12 bits per heavy atom. The molecule has 0 saturated heterocycles. The van der Waals surface area contributed by atoms with Crippen LogP contribution in [0.3, 0.4) is 0 Å². The van der Waals surface area contributed by atoms with E-state index in [1.165, 1.54) is 37.4 Å². The van der Waals surface area contributed by atoms with Crippen molar-refractivity contribution < 1.29 is 27.8 Å². The van der Waals surface area contributed by atoms with E-state index in [-0.39, 0.29) is 11.1 Å². The first-order valence-corrected chi connectivity index (χ1v) is 7.05. The van der Waals surface area contributed by atoms with Gasteiger partial charge in [-0.05, 0) is 23.8 Å². The Kier molecular flexibility index (Phi) is 5.14. The molecule has 0 fully saturated rings. The van der Waals surface area contributed by atoms with E-state index < -0.39 is 24.2 Å². The highest BCUT2D eigenvalue weighted by Gasteiger charge is 2.55. The number of rotatable bonds is 5. The van der Waals surface area contributed by atoms with Gasteiger partial charge in [0.05, 0.1) is 13.7 Å². The second-order valence-corrected chi connectivity index (χ2v) is 5.14. The van der Waals surface area contributed by atoms with Crippen LogP contribution in [0.15, 0.2) is 54.6 Å². The van der Waals surface area contributed by atoms with Crippen LogP contribution in [0.5, 0.6) is 5.75 Å². The first kappa shape index (κ1) is 17.8. The first-order chi connectivity index (χ1) is 11.3. The lowest BCUT2D eigenvalue weighted by molar-refractivity contribution is -0.263. The molecule has 24 heavy (non-hydrogen) atoms. The number of alkyl halides is 3. The zero-order valence-corrected chi connectivity index (χ0v) is 12.8. The summed E-state index contributed by atoms with van der Waals surface area (Å²) in [5, 5.41) is 12.3. The number of carbonyl (C=O) groups is 1. The quantitative estimate of drug-likeness (QED) is 0.881. The van der Waals surface area contributed by atoms with E-state index in [1.54, 1.807) is 12.1 Å². The van der Waals surface area contributed by atoms with Gasteiger partial charge in [-0.3, -0.25) is 4.79 Å². The summed E-state index contributed by atoms with van der Waals surface area (Å²) < 4.78 is 45.0. The highest BCUT2D eigenvalue weighted by atomic mass is 19.4. The van der Waals surface area contributed by atoms with E-state index in [4.69, 9.17) is 4.74 Å². The third-order valence-corrected chi connectivity index (χ3v) is 3.56. The van der Waals surface area contributed by atoms with Crippen LogP contribution in [0, 0.1) is 0 Å². The minimum atomic E-state index is -4.95. The van der Waals surface area contributed by atoms with Gasteiger partial charge in [0.25, 0.3) is 5.91 Å². The zero-order valence-electron chi connectivity index (χ0n) is 12.8. The van der Waals surface area contributed by atoms with Crippen molar-refractivity contribution in [3.05, 3.63) is 65.7 Å². The second kappa shape index (κ2) is 6.92. The number of hydrogen-bond acceptors (Lipinski definition) is 3. The molecule has 1 atom stereocenters. The molecule has 128 valence electrons. The lowest BCUT2D eigenvalue weighted by Crippen LogP contribution is -2.51. The summed E-state index contributed by atoms with van der Waals surface area (Å²) in [7, 11) is 1.41. The van der Waals surface area contributed by atoms with E-state index in [1.807, 2.05) is 0 Å². The van der Waals surface area contributed by atoms with Crippen molar-refractivity contribution in [2.75, 3.05) is 13.7 Å². The summed E-state index contributed by atoms with van der Waals surface area (Å²) in [5.41, 5.74) is -3.39. The van der Waals surface area contributed by atoms with Gasteiger partial charge >= 0.3 is 6.18 Å². The summed E-state index contributed by atoms with van der Waals surface area (Å²) in [6.45, 7) is -1.00. The molecule has 4 nitrogen and oxygen atoms in total. The van der Waals surface area contributed by atoms with Crippen molar-refractivity contribution in [3.8, 4) is 5.75 Å². The Bertz CT molecular complexity index is 704. The standard InChI is InChI=1S/C17H16F3NO3/c1-24-14-9-5-6-12(10-14)15(22)21-11-16(23,17(18,19)20)13-7-3-2-4-8-13/h2-10,23H,11H2,1H3,(H,21,22). The molecule has 0 spiro atoms. The van der Waals surface area contributed by atoms with Crippen molar-refractivity contribution in [1.29, 1.82) is 0 Å². The van der Waals surface area contributed by atoms with E-state index in [9.17, 15) is 23.1 Å². The third kappa shape index (κ3) is 3.68. The van der Waals surface area contributed by atoms with Gasteiger partial charge in [0.1, 0.15) is 5.75 Å². The molecule has 1 amide bonds. The number of methoxy groups -OCH3 is 1. The van der Waals surface area contributed by atoms with Crippen LogP contribution in [-0.4, -0.2) is 30.8 Å². The van der Waals surface area contributed by atoms with Crippen LogP contribution in [0.4, 0.5) is 13.2 Å². The molecule has 0 heterocycles. The van der Waals surface area contributed by atoms with E-state index in [0.29, 0.717) is 5.75 Å². The maximum absolute atomic E-state index is 13.3. The fourth-order valence-corrected chi connectivity index (χ4v) is 2.15. The van der Waals surface area contributed by atoms with Crippen LogP contribution >= 0.6 is 0 Å². The van der Waals surface area contributed by atoms with Crippen LogP contribution < -0.4 is 10.1 Å². The summed E-state index contributed by atoms with van der Waals surface area (Å²) in [6.07, 6.45) is -4.95. The Labute approximate surface area is 136 Å². The molecule has 0 radical (unpaired) electrons. The SMILES string of the molecule is COc1cccc(C(=O)NCC(O)(c2ccccc2)C(F)(F)F)c1. The Balaban J connectivity index is 2.21. The zero-order chi connectivity index (χ0) is 17.8. The molecule has 2 N–H and O–H groups in total. The van der Waals surface area contributed by atoms with Crippen molar-refractivity contribution in [3.63, 3.8) is 0 Å². The van der Waals surface area contributed by atoms with Gasteiger partial charge in [-0.15, -0.1) is 0 Å². The minimum absolute atomic E-state index is 0.131. The summed E-state index contributed by atoms with van der Waals surface area (Å²) in [5.74, 6) is -0.343. The first-order valence-electron chi connectivity index (χ1n) is 7.05. The Morgan fingerprint density at radius 2 is 1.79 bits per heavy atom. The molecule has 2 aromatic carbocycles. The predicted molar refractivity (Wildman–Crippen MR) is 81.7 cm³/mol. The number of nitrogens with one attached hydrogen (secondary N) is 1. The fraction of sp³-hybridized carbons (Fsp3) is 0.235. The van der Waals surface area contributed by atoms with E-state index in [2.05, 4.69) is 5.32 Å². The van der Waals surface area contributed by atoms with Crippen molar-refractivity contribution in [1.82, 2.24) is 5.32 Å². The highest BCUT2D eigenvalue weighted by molar-refractivity contribution is 5.94. The van der Waals surface area contributed by atoms with Crippen LogP contribution in [0.1, 0.15) is 15.9 Å². The number of benzene rings is 2. The van der Waals surface area contributed by atoms with Crippen LogP contribution in [-0.2, 0) is 5.60 Å². The van der Waals surface area contributed by atoms with E-state index in [0.717, 1.165) is 12.1 Å². The topological polar surface area (TPSA) is 58.6 Å². The molecule has 0 saturated carbocycles. The molecule has 2 aromatic rings. The molecule has 7 heteroatoms. The number of hydrogen-bond donors (Lipinski definition) is 2. The monoisotopic (exact) mass is 339 g/mol. The lowest BCUT2D eigenvalue weighted by atomic mass is 9.93. The van der Waals surface area contributed by atoms with Crippen LogP contribution in [0.25, 0.3) is 0 Å². The van der Waals surface area contributed by atoms with Crippen LogP contribution in [0.2, 0.25) is 0 Å². The molecule has 0 aliphatic rings. The molecule has 0 bridgehead atoms. The predicted octanol–water partition coefficient (Wildman–Crippen LogP) is 2.88. The van der Waals surface area contributed by atoms with Gasteiger partial charge in [0, 0.05) is 5.56 Å². The van der Waals surface area contributed by atoms with Gasteiger partial charge in [-0.1, -0.05) is 36.4 Å². The maximum Gasteiger partial charge on any atom is 0.423 e.